The van der Waals surface area contributed by atoms with Crippen molar-refractivity contribution in [3.05, 3.63) is 59.7 Å². The van der Waals surface area contributed by atoms with Crippen molar-refractivity contribution in [2.45, 2.75) is 76.0 Å². The lowest BCUT2D eigenvalue weighted by Crippen LogP contribution is -2.20. The van der Waals surface area contributed by atoms with Crippen LogP contribution in [0.4, 0.5) is 0 Å². The standard InChI is InChI=1S/C24H31P.BH3O3/c1-4-11-19(12-5-1)22-17-10-18-23(25-21-15-8-3-9-16-21)24(22)20-13-6-2-7-14-20;2-1(3)4/h3,8-10,15-20,25H,1-2,4-7,11-14H2;2-4H. The first-order chi connectivity index (χ1) is 14.1. The van der Waals surface area contributed by atoms with Crippen molar-refractivity contribution < 1.29 is 15.1 Å². The Morgan fingerprint density at radius 1 is 0.655 bits per heavy atom. The van der Waals surface area contributed by atoms with E-state index >= 15 is 0 Å². The van der Waals surface area contributed by atoms with Gasteiger partial charge in [-0.15, -0.1) is 0 Å². The van der Waals surface area contributed by atoms with E-state index in [1.807, 2.05) is 0 Å². The van der Waals surface area contributed by atoms with Gasteiger partial charge in [-0.2, -0.15) is 0 Å². The molecule has 0 radical (unpaired) electrons. The molecule has 2 fully saturated rings. The summed E-state index contributed by atoms with van der Waals surface area (Å²) < 4.78 is 0. The third-order valence-corrected chi connectivity index (χ3v) is 7.58. The summed E-state index contributed by atoms with van der Waals surface area (Å²) in [6, 6.07) is 18.4. The van der Waals surface area contributed by atoms with Gasteiger partial charge in [0.05, 0.1) is 0 Å². The average molecular weight is 412 g/mol. The van der Waals surface area contributed by atoms with E-state index in [-0.39, 0.29) is 0 Å². The molecule has 0 saturated heterocycles. The van der Waals surface area contributed by atoms with Gasteiger partial charge in [0.1, 0.15) is 0 Å². The zero-order valence-corrected chi connectivity index (χ0v) is 18.3. The van der Waals surface area contributed by atoms with Crippen LogP contribution in [0.15, 0.2) is 48.5 Å². The number of rotatable bonds is 4. The second-order valence-corrected chi connectivity index (χ2v) is 9.68. The van der Waals surface area contributed by atoms with E-state index in [4.69, 9.17) is 15.1 Å². The molecule has 1 unspecified atom stereocenters. The summed E-state index contributed by atoms with van der Waals surface area (Å²) in [5.41, 5.74) is 3.50. The van der Waals surface area contributed by atoms with Gasteiger partial charge in [-0.1, -0.05) is 95.6 Å². The van der Waals surface area contributed by atoms with Gasteiger partial charge in [0.25, 0.3) is 0 Å². The van der Waals surface area contributed by atoms with Crippen LogP contribution in [0.3, 0.4) is 0 Å². The molecule has 4 rings (SSSR count). The third kappa shape index (κ3) is 6.93. The lowest BCUT2D eigenvalue weighted by molar-refractivity contribution is 0.278. The molecule has 2 aromatic rings. The molecule has 2 aliphatic rings. The fourth-order valence-electron chi connectivity index (χ4n) is 4.99. The number of hydrogen-bond acceptors (Lipinski definition) is 3. The minimum Gasteiger partial charge on any atom is -0.402 e. The van der Waals surface area contributed by atoms with Gasteiger partial charge >= 0.3 is 7.32 Å². The Kier molecular flexibility index (Phi) is 9.20. The van der Waals surface area contributed by atoms with Gasteiger partial charge in [0, 0.05) is 0 Å². The summed E-state index contributed by atoms with van der Waals surface area (Å²) in [6.07, 6.45) is 14.3. The van der Waals surface area contributed by atoms with E-state index in [1.54, 1.807) is 16.4 Å². The molecule has 0 amide bonds. The fraction of sp³-hybridized carbons (Fsp3) is 0.500. The molecule has 5 heteroatoms. The minimum absolute atomic E-state index is 0.811. The van der Waals surface area contributed by atoms with Crippen LogP contribution in [-0.2, 0) is 0 Å². The first kappa shape index (κ1) is 22.5. The SMILES string of the molecule is OB(O)O.c1ccc(Pc2cccc(C3CCCCC3)c2C2CCCCC2)cc1. The maximum Gasteiger partial charge on any atom is 0.631 e. The van der Waals surface area contributed by atoms with Crippen LogP contribution >= 0.6 is 8.58 Å². The molecular formula is C24H34BO3P. The van der Waals surface area contributed by atoms with Gasteiger partial charge in [0.15, 0.2) is 0 Å². The molecule has 0 bridgehead atoms. The van der Waals surface area contributed by atoms with E-state index in [0.29, 0.717) is 0 Å². The molecule has 0 aromatic heterocycles. The highest BCUT2D eigenvalue weighted by atomic mass is 31.1. The van der Waals surface area contributed by atoms with Crippen LogP contribution in [0.1, 0.15) is 87.2 Å². The first-order valence-electron chi connectivity index (χ1n) is 11.1. The fourth-order valence-corrected chi connectivity index (χ4v) is 6.32. The van der Waals surface area contributed by atoms with Gasteiger partial charge < -0.3 is 15.1 Å². The number of benzene rings is 2. The van der Waals surface area contributed by atoms with Crippen molar-refractivity contribution in [1.82, 2.24) is 0 Å². The first-order valence-corrected chi connectivity index (χ1v) is 12.1. The summed E-state index contributed by atoms with van der Waals surface area (Å²) in [5.74, 6) is 1.64. The van der Waals surface area contributed by atoms with Gasteiger partial charge in [0.2, 0.25) is 0 Å². The van der Waals surface area contributed by atoms with Gasteiger partial charge in [-0.25, -0.2) is 0 Å². The van der Waals surface area contributed by atoms with Crippen LogP contribution in [0.5, 0.6) is 0 Å². The maximum atomic E-state index is 7.17. The zero-order chi connectivity index (χ0) is 20.5. The van der Waals surface area contributed by atoms with Crippen LogP contribution in [0.25, 0.3) is 0 Å². The van der Waals surface area contributed by atoms with Crippen molar-refractivity contribution in [3.8, 4) is 0 Å². The Morgan fingerprint density at radius 2 is 1.21 bits per heavy atom. The lowest BCUT2D eigenvalue weighted by Gasteiger charge is -2.31. The summed E-state index contributed by atoms with van der Waals surface area (Å²) in [4.78, 5) is 0. The van der Waals surface area contributed by atoms with Crippen molar-refractivity contribution in [2.75, 3.05) is 0 Å². The van der Waals surface area contributed by atoms with Crippen LogP contribution in [0.2, 0.25) is 0 Å². The molecule has 2 aliphatic carbocycles. The molecule has 29 heavy (non-hydrogen) atoms. The molecule has 1 atom stereocenters. The highest BCUT2D eigenvalue weighted by molar-refractivity contribution is 7.55. The van der Waals surface area contributed by atoms with Crippen molar-refractivity contribution in [2.24, 2.45) is 0 Å². The molecule has 0 heterocycles. The predicted octanol–water partition coefficient (Wildman–Crippen LogP) is 4.36. The summed E-state index contributed by atoms with van der Waals surface area (Å²) in [5, 5.41) is 24.6. The molecular weight excluding hydrogens is 378 g/mol. The summed E-state index contributed by atoms with van der Waals surface area (Å²) in [6.45, 7) is 0. The second-order valence-electron chi connectivity index (χ2n) is 8.32. The largest absolute Gasteiger partial charge is 0.631 e. The molecule has 2 saturated carbocycles. The second kappa shape index (κ2) is 11.9. The van der Waals surface area contributed by atoms with Crippen molar-refractivity contribution in [3.63, 3.8) is 0 Å². The topological polar surface area (TPSA) is 60.7 Å². The Morgan fingerprint density at radius 3 is 1.79 bits per heavy atom. The third-order valence-electron chi connectivity index (χ3n) is 6.25. The van der Waals surface area contributed by atoms with Crippen LogP contribution in [0, 0.1) is 0 Å². The van der Waals surface area contributed by atoms with E-state index in [0.717, 1.165) is 20.4 Å². The zero-order valence-electron chi connectivity index (χ0n) is 17.3. The molecule has 0 spiro atoms. The Balaban J connectivity index is 0.000000552. The summed E-state index contributed by atoms with van der Waals surface area (Å²) >= 11 is 0. The Hall–Kier alpha value is -1.19. The molecule has 0 aliphatic heterocycles. The molecule has 2 aromatic carbocycles. The maximum absolute atomic E-state index is 7.17. The average Bonchev–Trinajstić information content (AvgIpc) is 2.75. The number of hydrogen-bond donors (Lipinski definition) is 3. The molecule has 3 N–H and O–H groups in total. The van der Waals surface area contributed by atoms with Crippen LogP contribution < -0.4 is 10.6 Å². The normalized spacial score (nSPS) is 18.4. The molecule has 156 valence electrons. The smallest absolute Gasteiger partial charge is 0.402 e. The molecule has 3 nitrogen and oxygen atoms in total. The van der Waals surface area contributed by atoms with E-state index in [2.05, 4.69) is 48.5 Å². The predicted molar refractivity (Wildman–Crippen MR) is 125 cm³/mol. The van der Waals surface area contributed by atoms with E-state index in [9.17, 15) is 0 Å². The van der Waals surface area contributed by atoms with Gasteiger partial charge in [-0.3, -0.25) is 0 Å². The van der Waals surface area contributed by atoms with Crippen LogP contribution in [-0.4, -0.2) is 22.4 Å². The minimum atomic E-state index is -2.17. The van der Waals surface area contributed by atoms with Gasteiger partial charge in [-0.05, 0) is 59.3 Å². The highest BCUT2D eigenvalue weighted by Gasteiger charge is 2.26. The lowest BCUT2D eigenvalue weighted by atomic mass is 9.76. The van der Waals surface area contributed by atoms with Crippen molar-refractivity contribution in [1.29, 1.82) is 0 Å². The summed E-state index contributed by atoms with van der Waals surface area (Å²) in [7, 11) is -1.36. The Labute approximate surface area is 177 Å². The quantitative estimate of drug-likeness (QED) is 0.517. The van der Waals surface area contributed by atoms with E-state index < -0.39 is 7.32 Å². The highest BCUT2D eigenvalue weighted by Crippen LogP contribution is 2.41. The monoisotopic (exact) mass is 412 g/mol. The van der Waals surface area contributed by atoms with E-state index in [1.165, 1.54) is 69.5 Å². The van der Waals surface area contributed by atoms with Crippen molar-refractivity contribution >= 4 is 26.5 Å². The Bertz CT molecular complexity index is 723.